The topological polar surface area (TPSA) is 3.24 Å². The smallest absolute Gasteiger partial charge is 0.261 e. The van der Waals surface area contributed by atoms with Gasteiger partial charge in [0.25, 0.3) is 5.92 Å². The molecule has 3 rings (SSSR count). The van der Waals surface area contributed by atoms with E-state index >= 15 is 0 Å². The fourth-order valence-electron chi connectivity index (χ4n) is 3.45. The lowest BCUT2D eigenvalue weighted by Gasteiger charge is -2.29. The Balaban J connectivity index is 1.99. The molecule has 3 heteroatoms. The Morgan fingerprint density at radius 1 is 1.22 bits per heavy atom. The van der Waals surface area contributed by atoms with Crippen molar-refractivity contribution in [3.8, 4) is 11.8 Å². The Hall–Kier alpha value is -1.56. The lowest BCUT2D eigenvalue weighted by Crippen LogP contribution is -2.31. The van der Waals surface area contributed by atoms with Crippen molar-refractivity contribution in [2.75, 3.05) is 11.4 Å². The number of rotatable bonds is 2. The van der Waals surface area contributed by atoms with Gasteiger partial charge in [0, 0.05) is 30.8 Å². The summed E-state index contributed by atoms with van der Waals surface area (Å²) >= 11 is 0. The zero-order valence-electron chi connectivity index (χ0n) is 14.3. The van der Waals surface area contributed by atoms with E-state index < -0.39 is 11.3 Å². The number of fused-ring (bicyclic) bond motifs is 1. The third-order valence-electron chi connectivity index (χ3n) is 5.19. The van der Waals surface area contributed by atoms with Crippen LogP contribution in [0.1, 0.15) is 57.6 Å². The second kappa shape index (κ2) is 5.82. The molecule has 1 saturated carbocycles. The SMILES string of the molecule is CC(C)N1CCCCc2c(C#CC3(C(C)(F)F)CC3)cccc21. The molecule has 1 fully saturated rings. The van der Waals surface area contributed by atoms with Crippen molar-refractivity contribution in [3.63, 3.8) is 0 Å². The summed E-state index contributed by atoms with van der Waals surface area (Å²) in [5.41, 5.74) is 2.32. The highest BCUT2D eigenvalue weighted by Gasteiger charge is 2.58. The van der Waals surface area contributed by atoms with Crippen molar-refractivity contribution in [1.82, 2.24) is 0 Å². The van der Waals surface area contributed by atoms with Gasteiger partial charge in [0.15, 0.2) is 0 Å². The largest absolute Gasteiger partial charge is 0.369 e. The van der Waals surface area contributed by atoms with Crippen LogP contribution < -0.4 is 4.90 Å². The summed E-state index contributed by atoms with van der Waals surface area (Å²) in [5, 5.41) is 0. The second-order valence-corrected chi connectivity index (χ2v) is 7.27. The molecule has 2 aliphatic rings. The van der Waals surface area contributed by atoms with Gasteiger partial charge in [-0.2, -0.15) is 0 Å². The standard InChI is InChI=1S/C20H25F2N/c1-15(2)23-14-5-4-8-17-16(7-6-9-18(17)23)10-11-20(12-13-20)19(3,21)22/h6-7,9,15H,4-5,8,12-14H2,1-3H3. The highest BCUT2D eigenvalue weighted by molar-refractivity contribution is 5.62. The molecule has 124 valence electrons. The number of hydrogen-bond donors (Lipinski definition) is 0. The van der Waals surface area contributed by atoms with E-state index in [1.54, 1.807) is 0 Å². The van der Waals surface area contributed by atoms with Crippen molar-refractivity contribution in [1.29, 1.82) is 0 Å². The molecular formula is C20H25F2N. The molecule has 1 aliphatic carbocycles. The first-order chi connectivity index (χ1) is 10.8. The molecule has 0 unspecified atom stereocenters. The number of halogens is 2. The summed E-state index contributed by atoms with van der Waals surface area (Å²) in [6.07, 6.45) is 4.30. The zero-order valence-corrected chi connectivity index (χ0v) is 14.3. The van der Waals surface area contributed by atoms with Crippen molar-refractivity contribution >= 4 is 5.69 Å². The highest BCUT2D eigenvalue weighted by atomic mass is 19.3. The van der Waals surface area contributed by atoms with Gasteiger partial charge in [-0.05, 0) is 63.6 Å². The molecule has 0 amide bonds. The van der Waals surface area contributed by atoms with E-state index in [1.807, 2.05) is 12.1 Å². The molecule has 0 saturated heterocycles. The lowest BCUT2D eigenvalue weighted by atomic mass is 9.97. The van der Waals surface area contributed by atoms with Gasteiger partial charge in [0.1, 0.15) is 0 Å². The fraction of sp³-hybridized carbons (Fsp3) is 0.600. The van der Waals surface area contributed by atoms with Crippen LogP contribution in [0.4, 0.5) is 14.5 Å². The molecule has 1 aromatic carbocycles. The van der Waals surface area contributed by atoms with Crippen LogP contribution in [0.5, 0.6) is 0 Å². The molecule has 0 atom stereocenters. The van der Waals surface area contributed by atoms with Crippen LogP contribution in [-0.2, 0) is 6.42 Å². The fourth-order valence-corrected chi connectivity index (χ4v) is 3.45. The predicted molar refractivity (Wildman–Crippen MR) is 91.0 cm³/mol. The molecule has 0 radical (unpaired) electrons. The number of hydrogen-bond acceptors (Lipinski definition) is 1. The molecule has 0 spiro atoms. The third kappa shape index (κ3) is 3.09. The number of anilines is 1. The average molecular weight is 317 g/mol. The minimum atomic E-state index is -2.71. The van der Waals surface area contributed by atoms with Gasteiger partial charge >= 0.3 is 0 Å². The maximum Gasteiger partial charge on any atom is 0.261 e. The predicted octanol–water partition coefficient (Wildman–Crippen LogP) is 5.02. The number of benzene rings is 1. The summed E-state index contributed by atoms with van der Waals surface area (Å²) in [7, 11) is 0. The van der Waals surface area contributed by atoms with E-state index in [1.165, 1.54) is 11.3 Å². The van der Waals surface area contributed by atoms with Crippen LogP contribution in [-0.4, -0.2) is 18.5 Å². The normalized spacial score (nSPS) is 19.7. The van der Waals surface area contributed by atoms with Crippen LogP contribution in [0.3, 0.4) is 0 Å². The van der Waals surface area contributed by atoms with Crippen LogP contribution >= 0.6 is 0 Å². The maximum atomic E-state index is 13.7. The van der Waals surface area contributed by atoms with Gasteiger partial charge < -0.3 is 4.90 Å². The summed E-state index contributed by atoms with van der Waals surface area (Å²) < 4.78 is 27.5. The van der Waals surface area contributed by atoms with E-state index in [2.05, 4.69) is 36.7 Å². The molecular weight excluding hydrogens is 292 g/mol. The van der Waals surface area contributed by atoms with Crippen molar-refractivity contribution in [3.05, 3.63) is 29.3 Å². The van der Waals surface area contributed by atoms with E-state index in [9.17, 15) is 8.78 Å². The molecule has 1 heterocycles. The molecule has 23 heavy (non-hydrogen) atoms. The first-order valence-electron chi connectivity index (χ1n) is 8.64. The zero-order chi connectivity index (χ0) is 16.7. The molecule has 0 aromatic heterocycles. The van der Waals surface area contributed by atoms with E-state index in [0.29, 0.717) is 18.9 Å². The quantitative estimate of drug-likeness (QED) is 0.692. The van der Waals surface area contributed by atoms with Crippen molar-refractivity contribution in [2.24, 2.45) is 5.41 Å². The third-order valence-corrected chi connectivity index (χ3v) is 5.19. The summed E-state index contributed by atoms with van der Waals surface area (Å²) in [6.45, 7) is 6.45. The van der Waals surface area contributed by atoms with Gasteiger partial charge in [-0.3, -0.25) is 0 Å². The van der Waals surface area contributed by atoms with Gasteiger partial charge in [-0.1, -0.05) is 17.9 Å². The lowest BCUT2D eigenvalue weighted by molar-refractivity contribution is -0.0294. The Labute approximate surface area is 138 Å². The first kappa shape index (κ1) is 16.3. The Bertz CT molecular complexity index is 642. The van der Waals surface area contributed by atoms with Crippen LogP contribution in [0.15, 0.2) is 18.2 Å². The Morgan fingerprint density at radius 3 is 2.57 bits per heavy atom. The minimum Gasteiger partial charge on any atom is -0.369 e. The van der Waals surface area contributed by atoms with Crippen LogP contribution in [0.2, 0.25) is 0 Å². The van der Waals surface area contributed by atoms with Crippen molar-refractivity contribution < 1.29 is 8.78 Å². The van der Waals surface area contributed by atoms with Gasteiger partial charge in [-0.15, -0.1) is 0 Å². The van der Waals surface area contributed by atoms with Crippen LogP contribution in [0, 0.1) is 17.3 Å². The van der Waals surface area contributed by atoms with Gasteiger partial charge in [0.2, 0.25) is 0 Å². The van der Waals surface area contributed by atoms with Crippen molar-refractivity contribution in [2.45, 2.75) is 64.8 Å². The number of alkyl halides is 2. The molecule has 0 N–H and O–H groups in total. The summed E-state index contributed by atoms with van der Waals surface area (Å²) in [6, 6.07) is 6.57. The summed E-state index contributed by atoms with van der Waals surface area (Å²) in [5.74, 6) is 3.32. The van der Waals surface area contributed by atoms with E-state index in [-0.39, 0.29) is 0 Å². The number of nitrogens with zero attached hydrogens (tertiary/aromatic N) is 1. The second-order valence-electron chi connectivity index (χ2n) is 7.27. The molecule has 0 bridgehead atoms. The molecule has 1 nitrogen and oxygen atoms in total. The highest BCUT2D eigenvalue weighted by Crippen LogP contribution is 2.56. The average Bonchev–Trinajstić information content (AvgIpc) is 3.28. The first-order valence-corrected chi connectivity index (χ1v) is 8.64. The van der Waals surface area contributed by atoms with Gasteiger partial charge in [-0.25, -0.2) is 8.78 Å². The molecule has 1 aliphatic heterocycles. The maximum absolute atomic E-state index is 13.7. The Morgan fingerprint density at radius 2 is 1.96 bits per heavy atom. The van der Waals surface area contributed by atoms with Gasteiger partial charge in [0.05, 0.1) is 5.41 Å². The van der Waals surface area contributed by atoms with E-state index in [4.69, 9.17) is 0 Å². The Kier molecular flexibility index (Phi) is 4.12. The minimum absolute atomic E-state index is 0.435. The van der Waals surface area contributed by atoms with E-state index in [0.717, 1.165) is 38.3 Å². The van der Waals surface area contributed by atoms with Crippen LogP contribution in [0.25, 0.3) is 0 Å². The summed E-state index contributed by atoms with van der Waals surface area (Å²) in [4.78, 5) is 2.41. The molecule has 1 aromatic rings. The monoisotopic (exact) mass is 317 g/mol.